The first-order valence-corrected chi connectivity index (χ1v) is 6.59. The van der Waals surface area contributed by atoms with Gasteiger partial charge in [0, 0.05) is 30.1 Å². The summed E-state index contributed by atoms with van der Waals surface area (Å²) in [5.41, 5.74) is 1.94. The van der Waals surface area contributed by atoms with E-state index in [0.717, 1.165) is 5.56 Å². The van der Waals surface area contributed by atoms with Crippen molar-refractivity contribution in [2.24, 2.45) is 7.05 Å². The maximum atomic E-state index is 12.3. The quantitative estimate of drug-likeness (QED) is 0.817. The summed E-state index contributed by atoms with van der Waals surface area (Å²) in [5, 5.41) is 9.83. The molecule has 0 radical (unpaired) electrons. The van der Waals surface area contributed by atoms with Gasteiger partial charge in [0.2, 0.25) is 5.91 Å². The number of hydrogen-bond donors (Lipinski definition) is 2. The number of hydrogen-bond acceptors (Lipinski definition) is 4. The summed E-state index contributed by atoms with van der Waals surface area (Å²) in [4.78, 5) is 23.7. The van der Waals surface area contributed by atoms with Gasteiger partial charge in [-0.15, -0.1) is 0 Å². The summed E-state index contributed by atoms with van der Waals surface area (Å²) in [5.74, 6) is -0.241. The molecule has 0 saturated carbocycles. The SMILES string of the molecule is CNC(C(=O)Nc1cccc(C(C)=O)c1)c1cnn(C)c1. The van der Waals surface area contributed by atoms with Crippen LogP contribution in [-0.2, 0) is 11.8 Å². The maximum absolute atomic E-state index is 12.3. The van der Waals surface area contributed by atoms with E-state index in [1.54, 1.807) is 55.4 Å². The van der Waals surface area contributed by atoms with Crippen LogP contribution in [0.1, 0.15) is 28.9 Å². The van der Waals surface area contributed by atoms with Gasteiger partial charge in [-0.3, -0.25) is 14.3 Å². The van der Waals surface area contributed by atoms with Gasteiger partial charge in [0.1, 0.15) is 6.04 Å². The summed E-state index contributed by atoms with van der Waals surface area (Å²) in [6.45, 7) is 1.49. The Morgan fingerprint density at radius 2 is 2.10 bits per heavy atom. The van der Waals surface area contributed by atoms with Crippen LogP contribution in [-0.4, -0.2) is 28.5 Å². The molecular weight excluding hydrogens is 268 g/mol. The van der Waals surface area contributed by atoms with Gasteiger partial charge in [0.15, 0.2) is 5.78 Å². The fraction of sp³-hybridized carbons (Fsp3) is 0.267. The molecule has 21 heavy (non-hydrogen) atoms. The van der Waals surface area contributed by atoms with Gasteiger partial charge in [-0.2, -0.15) is 5.10 Å². The number of carbonyl (C=O) groups excluding carboxylic acids is 2. The van der Waals surface area contributed by atoms with Gasteiger partial charge >= 0.3 is 0 Å². The number of benzene rings is 1. The maximum Gasteiger partial charge on any atom is 0.246 e. The number of nitrogens with one attached hydrogen (secondary N) is 2. The number of amides is 1. The number of anilines is 1. The molecule has 1 amide bonds. The van der Waals surface area contributed by atoms with E-state index in [9.17, 15) is 9.59 Å². The van der Waals surface area contributed by atoms with Crippen molar-refractivity contribution in [1.29, 1.82) is 0 Å². The number of rotatable bonds is 5. The molecule has 110 valence electrons. The lowest BCUT2D eigenvalue weighted by atomic mass is 10.1. The van der Waals surface area contributed by atoms with Gasteiger partial charge in [0.25, 0.3) is 0 Å². The fourth-order valence-electron chi connectivity index (χ4n) is 2.07. The number of likely N-dealkylation sites (N-methyl/N-ethyl adjacent to an activating group) is 1. The Morgan fingerprint density at radius 3 is 2.67 bits per heavy atom. The van der Waals surface area contributed by atoms with Crippen LogP contribution in [0.25, 0.3) is 0 Å². The van der Waals surface area contributed by atoms with Crippen molar-refractivity contribution >= 4 is 17.4 Å². The molecule has 0 saturated heterocycles. The topological polar surface area (TPSA) is 76.0 Å². The van der Waals surface area contributed by atoms with Gasteiger partial charge in [-0.05, 0) is 26.1 Å². The lowest BCUT2D eigenvalue weighted by molar-refractivity contribution is -0.118. The van der Waals surface area contributed by atoms with Crippen LogP contribution in [0.15, 0.2) is 36.7 Å². The number of nitrogens with zero attached hydrogens (tertiary/aromatic N) is 2. The number of Topliss-reactive ketones (excluding diaryl/α,β-unsaturated/α-hetero) is 1. The normalized spacial score (nSPS) is 12.0. The molecule has 1 aromatic carbocycles. The second-order valence-electron chi connectivity index (χ2n) is 4.80. The number of aromatic nitrogens is 2. The van der Waals surface area contributed by atoms with Crippen molar-refractivity contribution in [2.45, 2.75) is 13.0 Å². The highest BCUT2D eigenvalue weighted by atomic mass is 16.2. The minimum absolute atomic E-state index is 0.0384. The Balaban J connectivity index is 2.16. The molecule has 6 heteroatoms. The molecule has 0 fully saturated rings. The van der Waals surface area contributed by atoms with Crippen LogP contribution in [0.5, 0.6) is 0 Å². The predicted molar refractivity (Wildman–Crippen MR) is 80.1 cm³/mol. The third-order valence-corrected chi connectivity index (χ3v) is 3.15. The largest absolute Gasteiger partial charge is 0.324 e. The van der Waals surface area contributed by atoms with E-state index in [2.05, 4.69) is 15.7 Å². The molecule has 6 nitrogen and oxygen atoms in total. The van der Waals surface area contributed by atoms with Crippen LogP contribution in [0.3, 0.4) is 0 Å². The Bertz CT molecular complexity index is 663. The first-order chi connectivity index (χ1) is 10.0. The number of carbonyl (C=O) groups is 2. The molecule has 1 heterocycles. The number of aryl methyl sites for hydroxylation is 1. The predicted octanol–water partition coefficient (Wildman–Crippen LogP) is 1.52. The molecule has 1 atom stereocenters. The molecular formula is C15H18N4O2. The fourth-order valence-corrected chi connectivity index (χ4v) is 2.07. The van der Waals surface area contributed by atoms with E-state index in [0.29, 0.717) is 11.3 Å². The molecule has 2 N–H and O–H groups in total. The molecule has 0 spiro atoms. The van der Waals surface area contributed by atoms with Gasteiger partial charge < -0.3 is 10.6 Å². The van der Waals surface area contributed by atoms with Crippen LogP contribution < -0.4 is 10.6 Å². The van der Waals surface area contributed by atoms with E-state index in [-0.39, 0.29) is 11.7 Å². The van der Waals surface area contributed by atoms with E-state index in [4.69, 9.17) is 0 Å². The van der Waals surface area contributed by atoms with Gasteiger partial charge in [-0.25, -0.2) is 0 Å². The second-order valence-corrected chi connectivity index (χ2v) is 4.80. The van der Waals surface area contributed by atoms with Crippen LogP contribution in [0.4, 0.5) is 5.69 Å². The molecule has 0 aliphatic rings. The van der Waals surface area contributed by atoms with Crippen LogP contribution in [0.2, 0.25) is 0 Å². The summed E-state index contributed by atoms with van der Waals surface area (Å²) < 4.78 is 1.64. The van der Waals surface area contributed by atoms with Gasteiger partial charge in [-0.1, -0.05) is 12.1 Å². The zero-order valence-electron chi connectivity index (χ0n) is 12.3. The average Bonchev–Trinajstić information content (AvgIpc) is 2.86. The van der Waals surface area contributed by atoms with E-state index in [1.165, 1.54) is 6.92 Å². The second kappa shape index (κ2) is 6.32. The van der Waals surface area contributed by atoms with Crippen molar-refractivity contribution in [3.63, 3.8) is 0 Å². The summed E-state index contributed by atoms with van der Waals surface area (Å²) >= 11 is 0. The molecule has 2 aromatic rings. The molecule has 2 rings (SSSR count). The molecule has 0 aliphatic heterocycles. The Labute approximate surface area is 123 Å². The minimum Gasteiger partial charge on any atom is -0.324 e. The monoisotopic (exact) mass is 286 g/mol. The lowest BCUT2D eigenvalue weighted by Gasteiger charge is -2.14. The van der Waals surface area contributed by atoms with E-state index < -0.39 is 6.04 Å². The van der Waals surface area contributed by atoms with Crippen molar-refractivity contribution < 1.29 is 9.59 Å². The van der Waals surface area contributed by atoms with Crippen LogP contribution >= 0.6 is 0 Å². The minimum atomic E-state index is -0.500. The highest BCUT2D eigenvalue weighted by molar-refractivity contribution is 5.98. The highest BCUT2D eigenvalue weighted by Gasteiger charge is 2.20. The first kappa shape index (κ1) is 14.9. The summed E-state index contributed by atoms with van der Waals surface area (Å²) in [7, 11) is 3.51. The Hall–Kier alpha value is -2.47. The van der Waals surface area contributed by atoms with Crippen molar-refractivity contribution in [3.05, 3.63) is 47.8 Å². The highest BCUT2D eigenvalue weighted by Crippen LogP contribution is 2.16. The van der Waals surface area contributed by atoms with Crippen LogP contribution in [0, 0.1) is 0 Å². The summed E-state index contributed by atoms with van der Waals surface area (Å²) in [6.07, 6.45) is 3.43. The van der Waals surface area contributed by atoms with E-state index in [1.807, 2.05) is 0 Å². The number of ketones is 1. The summed E-state index contributed by atoms with van der Waals surface area (Å²) in [6, 6.07) is 6.37. The smallest absolute Gasteiger partial charge is 0.246 e. The molecule has 1 unspecified atom stereocenters. The zero-order chi connectivity index (χ0) is 15.4. The molecule has 0 bridgehead atoms. The molecule has 0 aliphatic carbocycles. The zero-order valence-corrected chi connectivity index (χ0v) is 12.3. The average molecular weight is 286 g/mol. The Kier molecular flexibility index (Phi) is 4.49. The third kappa shape index (κ3) is 3.55. The van der Waals surface area contributed by atoms with Crippen molar-refractivity contribution in [2.75, 3.05) is 12.4 Å². The van der Waals surface area contributed by atoms with Gasteiger partial charge in [0.05, 0.1) is 6.20 Å². The first-order valence-electron chi connectivity index (χ1n) is 6.59. The Morgan fingerprint density at radius 1 is 1.33 bits per heavy atom. The van der Waals surface area contributed by atoms with Crippen molar-refractivity contribution in [1.82, 2.24) is 15.1 Å². The molecule has 1 aromatic heterocycles. The lowest BCUT2D eigenvalue weighted by Crippen LogP contribution is -2.30. The third-order valence-electron chi connectivity index (χ3n) is 3.15. The standard InChI is InChI=1S/C15H18N4O2/c1-10(20)11-5-4-6-13(7-11)18-15(21)14(16-2)12-8-17-19(3)9-12/h4-9,14,16H,1-3H3,(H,18,21). The van der Waals surface area contributed by atoms with Crippen molar-refractivity contribution in [3.8, 4) is 0 Å². The van der Waals surface area contributed by atoms with E-state index >= 15 is 0 Å².